The molecule has 7 heteroatoms. The predicted octanol–water partition coefficient (Wildman–Crippen LogP) is 4.11. The maximum Gasteiger partial charge on any atom is 0.416 e. The predicted molar refractivity (Wildman–Crippen MR) is 104 cm³/mol. The third-order valence-electron chi connectivity index (χ3n) is 6.75. The number of alkyl halides is 3. The fraction of sp³-hybridized carbons (Fsp3) is 0.391. The maximum absolute atomic E-state index is 13.3. The average molecular weight is 414 g/mol. The molecule has 2 bridgehead atoms. The summed E-state index contributed by atoms with van der Waals surface area (Å²) in [5.41, 5.74) is 0.306. The number of fused-ring (bicyclic) bond motifs is 2. The van der Waals surface area contributed by atoms with E-state index in [0.29, 0.717) is 6.54 Å². The van der Waals surface area contributed by atoms with E-state index < -0.39 is 23.6 Å². The van der Waals surface area contributed by atoms with Crippen LogP contribution in [0.2, 0.25) is 0 Å². The standard InChI is InChI=1S/C23H21F3N2O2/c24-23(25,26)16-7-4-8-17(11-16)28-21(29)19-15-9-10-18(20(19)22(28)30)27(13-15)12-14-5-2-1-3-6-14/h1-8,11,15,18-20H,9-10,12-13H2. The van der Waals surface area contributed by atoms with Crippen molar-refractivity contribution in [1.29, 1.82) is 0 Å². The van der Waals surface area contributed by atoms with Crippen molar-refractivity contribution >= 4 is 17.5 Å². The quantitative estimate of drug-likeness (QED) is 0.710. The number of anilines is 1. The number of amides is 2. The first kappa shape index (κ1) is 19.3. The van der Waals surface area contributed by atoms with Crippen molar-refractivity contribution in [2.75, 3.05) is 11.4 Å². The molecule has 4 unspecified atom stereocenters. The van der Waals surface area contributed by atoms with Gasteiger partial charge < -0.3 is 0 Å². The summed E-state index contributed by atoms with van der Waals surface area (Å²) < 4.78 is 39.4. The van der Waals surface area contributed by atoms with Crippen LogP contribution < -0.4 is 4.90 Å². The highest BCUT2D eigenvalue weighted by Gasteiger charge is 2.60. The van der Waals surface area contributed by atoms with Gasteiger partial charge in [0.05, 0.1) is 23.1 Å². The Balaban J connectivity index is 1.45. The maximum atomic E-state index is 13.3. The smallest absolute Gasteiger partial charge is 0.295 e. The molecule has 0 radical (unpaired) electrons. The van der Waals surface area contributed by atoms with Crippen molar-refractivity contribution in [3.05, 3.63) is 65.7 Å². The van der Waals surface area contributed by atoms with Crippen molar-refractivity contribution in [2.24, 2.45) is 17.8 Å². The molecular formula is C23H21F3N2O2. The van der Waals surface area contributed by atoms with Gasteiger partial charge in [-0.2, -0.15) is 13.2 Å². The largest absolute Gasteiger partial charge is 0.416 e. The van der Waals surface area contributed by atoms with Gasteiger partial charge in [0, 0.05) is 19.1 Å². The Kier molecular flexibility index (Phi) is 4.47. The molecule has 3 saturated heterocycles. The summed E-state index contributed by atoms with van der Waals surface area (Å²) in [7, 11) is 0. The zero-order valence-electron chi connectivity index (χ0n) is 16.2. The molecule has 0 N–H and O–H groups in total. The van der Waals surface area contributed by atoms with Gasteiger partial charge in [0.25, 0.3) is 0 Å². The van der Waals surface area contributed by atoms with Gasteiger partial charge >= 0.3 is 6.18 Å². The number of benzene rings is 2. The van der Waals surface area contributed by atoms with Crippen LogP contribution in [0.1, 0.15) is 24.0 Å². The normalized spacial score (nSPS) is 28.8. The molecule has 2 aromatic rings. The fourth-order valence-electron chi connectivity index (χ4n) is 5.48. The number of rotatable bonds is 3. The fourth-order valence-corrected chi connectivity index (χ4v) is 5.48. The Morgan fingerprint density at radius 3 is 2.37 bits per heavy atom. The van der Waals surface area contributed by atoms with Gasteiger partial charge in [-0.25, -0.2) is 4.90 Å². The van der Waals surface area contributed by atoms with E-state index in [2.05, 4.69) is 4.90 Å². The molecular weight excluding hydrogens is 393 g/mol. The van der Waals surface area contributed by atoms with Crippen molar-refractivity contribution in [3.63, 3.8) is 0 Å². The lowest BCUT2D eigenvalue weighted by molar-refractivity contribution is -0.137. The van der Waals surface area contributed by atoms with Gasteiger partial charge in [-0.15, -0.1) is 0 Å². The van der Waals surface area contributed by atoms with Crippen LogP contribution in [-0.4, -0.2) is 29.3 Å². The Hall–Kier alpha value is -2.67. The van der Waals surface area contributed by atoms with Crippen molar-refractivity contribution < 1.29 is 22.8 Å². The van der Waals surface area contributed by atoms with E-state index in [1.165, 1.54) is 12.1 Å². The number of halogens is 3. The van der Waals surface area contributed by atoms with Crippen LogP contribution in [-0.2, 0) is 22.3 Å². The van der Waals surface area contributed by atoms with E-state index in [0.717, 1.165) is 42.0 Å². The molecule has 30 heavy (non-hydrogen) atoms. The van der Waals surface area contributed by atoms with Crippen molar-refractivity contribution in [3.8, 4) is 0 Å². The Morgan fingerprint density at radius 1 is 0.900 bits per heavy atom. The summed E-state index contributed by atoms with van der Waals surface area (Å²) >= 11 is 0. The number of carbonyl (C=O) groups is 2. The van der Waals surface area contributed by atoms with Crippen LogP contribution in [0.3, 0.4) is 0 Å². The second kappa shape index (κ2) is 6.94. The molecule has 6 rings (SSSR count). The Labute approximate surface area is 172 Å². The van der Waals surface area contributed by atoms with Gasteiger partial charge in [-0.05, 0) is 42.5 Å². The topological polar surface area (TPSA) is 40.6 Å². The zero-order chi connectivity index (χ0) is 21.0. The average Bonchev–Trinajstić information content (AvgIpc) is 3.01. The molecule has 2 aromatic carbocycles. The van der Waals surface area contributed by atoms with Crippen LogP contribution in [0.4, 0.5) is 18.9 Å². The highest BCUT2D eigenvalue weighted by Crippen LogP contribution is 2.49. The van der Waals surface area contributed by atoms with Crippen LogP contribution in [0.5, 0.6) is 0 Å². The third-order valence-corrected chi connectivity index (χ3v) is 6.75. The van der Waals surface area contributed by atoms with Crippen molar-refractivity contribution in [2.45, 2.75) is 31.6 Å². The minimum atomic E-state index is -4.53. The summed E-state index contributed by atoms with van der Waals surface area (Å²) in [5.74, 6) is -1.58. The molecule has 3 heterocycles. The lowest BCUT2D eigenvalue weighted by Crippen LogP contribution is -2.58. The van der Waals surface area contributed by atoms with Crippen LogP contribution >= 0.6 is 0 Å². The lowest BCUT2D eigenvalue weighted by Gasteiger charge is -2.50. The van der Waals surface area contributed by atoms with Gasteiger partial charge in [0.15, 0.2) is 0 Å². The van der Waals surface area contributed by atoms with Gasteiger partial charge in [-0.3, -0.25) is 14.5 Å². The second-order valence-electron chi connectivity index (χ2n) is 8.43. The number of carbonyl (C=O) groups excluding carboxylic acids is 2. The molecule has 4 aliphatic rings. The Bertz CT molecular complexity index is 991. The monoisotopic (exact) mass is 414 g/mol. The summed E-state index contributed by atoms with van der Waals surface area (Å²) in [6.45, 7) is 1.44. The lowest BCUT2D eigenvalue weighted by atomic mass is 9.66. The SMILES string of the molecule is O=C1C2C3CCC(C2C(=O)N1c1cccc(C(F)(F)F)c1)N(Cc1ccccc1)C3. The van der Waals surface area contributed by atoms with E-state index in [9.17, 15) is 22.8 Å². The highest BCUT2D eigenvalue weighted by atomic mass is 19.4. The highest BCUT2D eigenvalue weighted by molar-refractivity contribution is 6.22. The van der Waals surface area contributed by atoms with Crippen LogP contribution in [0.25, 0.3) is 0 Å². The van der Waals surface area contributed by atoms with E-state index in [1.54, 1.807) is 0 Å². The second-order valence-corrected chi connectivity index (χ2v) is 8.43. The first-order valence-corrected chi connectivity index (χ1v) is 10.2. The molecule has 4 fully saturated rings. The van der Waals surface area contributed by atoms with Crippen LogP contribution in [0, 0.1) is 17.8 Å². The molecule has 0 aromatic heterocycles. The van der Waals surface area contributed by atoms with E-state index in [4.69, 9.17) is 0 Å². The molecule has 1 saturated carbocycles. The van der Waals surface area contributed by atoms with E-state index in [1.807, 2.05) is 30.3 Å². The van der Waals surface area contributed by atoms with Crippen LogP contribution in [0.15, 0.2) is 54.6 Å². The number of hydrogen-bond donors (Lipinski definition) is 0. The molecule has 3 aliphatic heterocycles. The van der Waals surface area contributed by atoms with Gasteiger partial charge in [0.1, 0.15) is 0 Å². The third kappa shape index (κ3) is 3.03. The molecule has 156 valence electrons. The molecule has 4 atom stereocenters. The summed E-state index contributed by atoms with van der Waals surface area (Å²) in [6.07, 6.45) is -2.83. The number of nitrogens with zero attached hydrogens (tertiary/aromatic N) is 2. The Morgan fingerprint density at radius 2 is 1.63 bits per heavy atom. The molecule has 1 aliphatic carbocycles. The molecule has 0 spiro atoms. The minimum absolute atomic E-state index is 0.0169. The van der Waals surface area contributed by atoms with E-state index in [-0.39, 0.29) is 29.5 Å². The van der Waals surface area contributed by atoms with Crippen molar-refractivity contribution in [1.82, 2.24) is 4.90 Å². The molecule has 4 nitrogen and oxygen atoms in total. The summed E-state index contributed by atoms with van der Waals surface area (Å²) in [6, 6.07) is 14.4. The number of hydrogen-bond acceptors (Lipinski definition) is 3. The first-order chi connectivity index (χ1) is 14.3. The number of piperidine rings is 2. The zero-order valence-corrected chi connectivity index (χ0v) is 16.2. The first-order valence-electron chi connectivity index (χ1n) is 10.2. The van der Waals surface area contributed by atoms with Gasteiger partial charge in [0.2, 0.25) is 11.8 Å². The minimum Gasteiger partial charge on any atom is -0.295 e. The summed E-state index contributed by atoms with van der Waals surface area (Å²) in [5, 5.41) is 0. The summed E-state index contributed by atoms with van der Waals surface area (Å²) in [4.78, 5) is 29.7. The van der Waals surface area contributed by atoms with E-state index >= 15 is 0 Å². The van der Waals surface area contributed by atoms with Gasteiger partial charge in [-0.1, -0.05) is 36.4 Å². The molecule has 2 amide bonds. The number of imide groups is 1.